The van der Waals surface area contributed by atoms with Crippen molar-refractivity contribution in [3.05, 3.63) is 0 Å². The largest absolute Gasteiger partial charge is 0.391 e. The minimum absolute atomic E-state index is 0.153. The fraction of sp³-hybridized carbons (Fsp3) is 1.00. The number of hydrogen-bond acceptors (Lipinski definition) is 0. The molecule has 1 aliphatic carbocycles. The Morgan fingerprint density at radius 3 is 1.83 bits per heavy atom. The average Bonchev–Trinajstić information content (AvgIpc) is 1.85. The van der Waals surface area contributed by atoms with Gasteiger partial charge in [-0.25, -0.2) is 0 Å². The Morgan fingerprint density at radius 1 is 1.17 bits per heavy atom. The van der Waals surface area contributed by atoms with Gasteiger partial charge in [0.25, 0.3) is 0 Å². The highest BCUT2D eigenvalue weighted by Crippen LogP contribution is 2.54. The SMILES string of the molecule is FC(F)(F)C1CC(CBr)(CBr)C1. The highest BCUT2D eigenvalue weighted by Gasteiger charge is 2.54. The minimum atomic E-state index is -3.99. The summed E-state index contributed by atoms with van der Waals surface area (Å²) in [5.74, 6) is -1.08. The van der Waals surface area contributed by atoms with Crippen molar-refractivity contribution in [2.24, 2.45) is 11.3 Å². The van der Waals surface area contributed by atoms with Crippen LogP contribution in [0.3, 0.4) is 0 Å². The first-order valence-corrected chi connectivity index (χ1v) is 5.86. The van der Waals surface area contributed by atoms with Crippen molar-refractivity contribution < 1.29 is 13.2 Å². The van der Waals surface area contributed by atoms with Crippen LogP contribution in [0.5, 0.6) is 0 Å². The van der Waals surface area contributed by atoms with E-state index in [9.17, 15) is 13.2 Å². The Labute approximate surface area is 86.2 Å². The number of alkyl halides is 5. The van der Waals surface area contributed by atoms with E-state index in [-0.39, 0.29) is 18.3 Å². The molecule has 1 fully saturated rings. The van der Waals surface area contributed by atoms with E-state index in [1.165, 1.54) is 0 Å². The maximum Gasteiger partial charge on any atom is 0.391 e. The lowest BCUT2D eigenvalue weighted by atomic mass is 9.64. The molecule has 0 N–H and O–H groups in total. The van der Waals surface area contributed by atoms with Crippen molar-refractivity contribution in [2.45, 2.75) is 19.0 Å². The van der Waals surface area contributed by atoms with E-state index in [1.54, 1.807) is 0 Å². The zero-order valence-electron chi connectivity index (χ0n) is 6.30. The number of halogens is 5. The van der Waals surface area contributed by atoms with Crippen molar-refractivity contribution >= 4 is 31.9 Å². The number of rotatable bonds is 2. The van der Waals surface area contributed by atoms with Gasteiger partial charge in [-0.2, -0.15) is 13.2 Å². The summed E-state index contributed by atoms with van der Waals surface area (Å²) in [6.07, 6.45) is -3.48. The fourth-order valence-corrected chi connectivity index (χ4v) is 3.32. The summed E-state index contributed by atoms with van der Waals surface area (Å²) in [5, 5.41) is 1.30. The van der Waals surface area contributed by atoms with Crippen molar-refractivity contribution in [3.8, 4) is 0 Å². The van der Waals surface area contributed by atoms with Crippen molar-refractivity contribution in [1.29, 1.82) is 0 Å². The zero-order chi connectivity index (χ0) is 9.41. The summed E-state index contributed by atoms with van der Waals surface area (Å²) in [6, 6.07) is 0. The van der Waals surface area contributed by atoms with Crippen LogP contribution in [0.4, 0.5) is 13.2 Å². The Kier molecular flexibility index (Phi) is 3.14. The zero-order valence-corrected chi connectivity index (χ0v) is 9.47. The molecule has 0 heterocycles. The molecule has 0 aromatic carbocycles. The second-order valence-corrected chi connectivity index (χ2v) is 4.54. The molecule has 0 bridgehead atoms. The van der Waals surface area contributed by atoms with Crippen LogP contribution in [0.1, 0.15) is 12.8 Å². The highest BCUT2D eigenvalue weighted by molar-refractivity contribution is 9.09. The van der Waals surface area contributed by atoms with Gasteiger partial charge in [-0.05, 0) is 18.3 Å². The van der Waals surface area contributed by atoms with E-state index in [4.69, 9.17) is 0 Å². The lowest BCUT2D eigenvalue weighted by Gasteiger charge is -2.46. The summed E-state index contributed by atoms with van der Waals surface area (Å²) < 4.78 is 36.3. The molecule has 0 aromatic rings. The monoisotopic (exact) mass is 308 g/mol. The summed E-state index contributed by atoms with van der Waals surface area (Å²) in [6.45, 7) is 0. The number of hydrogen-bond donors (Lipinski definition) is 0. The Balaban J connectivity index is 2.45. The van der Waals surface area contributed by atoms with Gasteiger partial charge in [0.2, 0.25) is 0 Å². The second kappa shape index (κ2) is 3.48. The first-order valence-electron chi connectivity index (χ1n) is 3.62. The predicted octanol–water partition coefficient (Wildman–Crippen LogP) is 3.73. The van der Waals surface area contributed by atoms with Crippen LogP contribution < -0.4 is 0 Å². The molecule has 0 spiro atoms. The first kappa shape index (κ1) is 10.8. The molecule has 1 saturated carbocycles. The summed E-state index contributed by atoms with van der Waals surface area (Å²) >= 11 is 6.48. The minimum Gasteiger partial charge on any atom is -0.171 e. The summed E-state index contributed by atoms with van der Waals surface area (Å²) in [5.41, 5.74) is -0.153. The molecule has 0 amide bonds. The quantitative estimate of drug-likeness (QED) is 0.682. The van der Waals surface area contributed by atoms with Crippen LogP contribution in [0.15, 0.2) is 0 Å². The third kappa shape index (κ3) is 1.97. The molecule has 0 nitrogen and oxygen atoms in total. The molecule has 72 valence electrons. The van der Waals surface area contributed by atoms with E-state index in [2.05, 4.69) is 31.9 Å². The van der Waals surface area contributed by atoms with Crippen molar-refractivity contribution in [3.63, 3.8) is 0 Å². The van der Waals surface area contributed by atoms with Crippen LogP contribution in [0, 0.1) is 11.3 Å². The highest BCUT2D eigenvalue weighted by atomic mass is 79.9. The van der Waals surface area contributed by atoms with Crippen LogP contribution in [-0.4, -0.2) is 16.8 Å². The Morgan fingerprint density at radius 2 is 1.58 bits per heavy atom. The van der Waals surface area contributed by atoms with Gasteiger partial charge in [0.15, 0.2) is 0 Å². The molecule has 0 unspecified atom stereocenters. The lowest BCUT2D eigenvalue weighted by Crippen LogP contribution is -2.46. The van der Waals surface area contributed by atoms with Crippen LogP contribution in [0.25, 0.3) is 0 Å². The smallest absolute Gasteiger partial charge is 0.171 e. The fourth-order valence-electron chi connectivity index (χ4n) is 1.47. The van der Waals surface area contributed by atoms with E-state index in [1.807, 2.05) is 0 Å². The van der Waals surface area contributed by atoms with Crippen LogP contribution >= 0.6 is 31.9 Å². The first-order chi connectivity index (χ1) is 5.43. The van der Waals surface area contributed by atoms with Gasteiger partial charge in [0.05, 0.1) is 5.92 Å². The van der Waals surface area contributed by atoms with Crippen LogP contribution in [0.2, 0.25) is 0 Å². The third-order valence-corrected chi connectivity index (χ3v) is 4.77. The molecule has 5 heteroatoms. The van der Waals surface area contributed by atoms with Crippen molar-refractivity contribution in [2.75, 3.05) is 10.7 Å². The van der Waals surface area contributed by atoms with Gasteiger partial charge in [-0.1, -0.05) is 31.9 Å². The van der Waals surface area contributed by atoms with Gasteiger partial charge in [-0.3, -0.25) is 0 Å². The molecule has 1 rings (SSSR count). The second-order valence-electron chi connectivity index (χ2n) is 3.41. The van der Waals surface area contributed by atoms with Gasteiger partial charge >= 0.3 is 6.18 Å². The lowest BCUT2D eigenvalue weighted by molar-refractivity contribution is -0.214. The standard InChI is InChI=1S/C7H9Br2F3/c8-3-6(4-9)1-5(2-6)7(10,11)12/h5H,1-4H2. The molecule has 0 aromatic heterocycles. The molecule has 0 aliphatic heterocycles. The summed E-state index contributed by atoms with van der Waals surface area (Å²) in [7, 11) is 0. The molecular weight excluding hydrogens is 301 g/mol. The Bertz CT molecular complexity index is 155. The normalized spacial score (nSPS) is 23.8. The topological polar surface area (TPSA) is 0 Å². The molecule has 0 atom stereocenters. The van der Waals surface area contributed by atoms with E-state index < -0.39 is 12.1 Å². The molecule has 0 radical (unpaired) electrons. The van der Waals surface area contributed by atoms with Crippen LogP contribution in [-0.2, 0) is 0 Å². The maximum atomic E-state index is 12.1. The van der Waals surface area contributed by atoms with E-state index in [0.717, 1.165) is 0 Å². The van der Waals surface area contributed by atoms with E-state index >= 15 is 0 Å². The summed E-state index contributed by atoms with van der Waals surface area (Å²) in [4.78, 5) is 0. The van der Waals surface area contributed by atoms with E-state index in [0.29, 0.717) is 10.7 Å². The third-order valence-electron chi connectivity index (χ3n) is 2.39. The Hall–Kier alpha value is 0.750. The molecule has 12 heavy (non-hydrogen) atoms. The van der Waals surface area contributed by atoms with Gasteiger partial charge in [0.1, 0.15) is 0 Å². The van der Waals surface area contributed by atoms with Gasteiger partial charge < -0.3 is 0 Å². The maximum absolute atomic E-state index is 12.1. The molecular formula is C7H9Br2F3. The van der Waals surface area contributed by atoms with Gasteiger partial charge in [-0.15, -0.1) is 0 Å². The average molecular weight is 310 g/mol. The molecule has 0 saturated heterocycles. The molecule has 1 aliphatic rings. The van der Waals surface area contributed by atoms with Gasteiger partial charge in [0, 0.05) is 10.7 Å². The predicted molar refractivity (Wildman–Crippen MR) is 48.8 cm³/mol. The van der Waals surface area contributed by atoms with Crippen molar-refractivity contribution in [1.82, 2.24) is 0 Å².